The van der Waals surface area contributed by atoms with Crippen molar-refractivity contribution in [3.8, 4) is 0 Å². The molecule has 0 radical (unpaired) electrons. The van der Waals surface area contributed by atoms with E-state index >= 15 is 0 Å². The predicted octanol–water partition coefficient (Wildman–Crippen LogP) is 27.8. The summed E-state index contributed by atoms with van der Waals surface area (Å²) in [5.74, 6) is -2.26. The Bertz CT molecular complexity index is 2200. The summed E-state index contributed by atoms with van der Waals surface area (Å²) in [4.78, 5) is 37.7. The second-order valence-electron chi connectivity index (χ2n) is 30.8. The van der Waals surface area contributed by atoms with E-state index in [9.17, 15) is 19.5 Å². The van der Waals surface area contributed by atoms with Crippen molar-refractivity contribution in [1.82, 2.24) is 0 Å². The van der Waals surface area contributed by atoms with Crippen molar-refractivity contribution in [3.05, 3.63) is 134 Å². The topological polar surface area (TPSA) is 111 Å². The lowest BCUT2D eigenvalue weighted by Crippen LogP contribution is -2.44. The number of quaternary nitrogens is 1. The van der Waals surface area contributed by atoms with E-state index in [0.717, 1.165) is 103 Å². The van der Waals surface area contributed by atoms with Gasteiger partial charge < -0.3 is 33.3 Å². The fourth-order valence-electron chi connectivity index (χ4n) is 12.8. The normalized spacial score (nSPS) is 13.3. The van der Waals surface area contributed by atoms with E-state index in [0.29, 0.717) is 23.9 Å². The number of unbranched alkanes of at least 4 members (excludes halogenated alkanes) is 45. The maximum absolute atomic E-state index is 13.0. The summed E-state index contributed by atoms with van der Waals surface area (Å²) in [6, 6.07) is 0. The van der Waals surface area contributed by atoms with Crippen LogP contribution in [0.25, 0.3) is 0 Å². The van der Waals surface area contributed by atoms with Crippen LogP contribution in [-0.2, 0) is 33.3 Å². The first-order valence-corrected chi connectivity index (χ1v) is 44.3. The highest BCUT2D eigenvalue weighted by molar-refractivity contribution is 5.70. The molecular formula is C96H167NO8. The summed E-state index contributed by atoms with van der Waals surface area (Å²) in [5, 5.41) is 11.9. The van der Waals surface area contributed by atoms with Gasteiger partial charge in [-0.1, -0.05) is 411 Å². The van der Waals surface area contributed by atoms with E-state index in [1.807, 2.05) is 21.1 Å². The maximum Gasteiger partial charge on any atom is 0.306 e. The van der Waals surface area contributed by atoms with Crippen LogP contribution >= 0.6 is 0 Å². The highest BCUT2D eigenvalue weighted by atomic mass is 16.7. The zero-order chi connectivity index (χ0) is 76.0. The van der Waals surface area contributed by atoms with E-state index in [2.05, 4.69) is 148 Å². The van der Waals surface area contributed by atoms with Gasteiger partial charge in [0, 0.05) is 12.8 Å². The van der Waals surface area contributed by atoms with Crippen LogP contribution < -0.4 is 5.11 Å². The quantitative estimate of drug-likeness (QED) is 0.0195. The third-order valence-corrected chi connectivity index (χ3v) is 19.4. The average molecular weight is 1460 g/mol. The summed E-state index contributed by atoms with van der Waals surface area (Å²) < 4.78 is 22.9. The van der Waals surface area contributed by atoms with Crippen LogP contribution in [0.2, 0.25) is 0 Å². The number of aliphatic carboxylic acids is 1. The van der Waals surface area contributed by atoms with Crippen molar-refractivity contribution < 1.29 is 42.9 Å². The van der Waals surface area contributed by atoms with Gasteiger partial charge in [0.1, 0.15) is 13.2 Å². The van der Waals surface area contributed by atoms with E-state index in [4.69, 9.17) is 18.9 Å². The van der Waals surface area contributed by atoms with Gasteiger partial charge in [-0.25, -0.2) is 0 Å². The lowest BCUT2D eigenvalue weighted by Gasteiger charge is -2.26. The number of nitrogens with zero attached hydrogens (tertiary/aromatic N) is 1. The number of carboxylic acids is 1. The van der Waals surface area contributed by atoms with E-state index < -0.39 is 24.3 Å². The van der Waals surface area contributed by atoms with E-state index in [-0.39, 0.29) is 32.2 Å². The smallest absolute Gasteiger partial charge is 0.306 e. The minimum atomic E-state index is -1.63. The van der Waals surface area contributed by atoms with Crippen molar-refractivity contribution in [3.63, 3.8) is 0 Å². The van der Waals surface area contributed by atoms with Crippen LogP contribution in [0.15, 0.2) is 134 Å². The van der Waals surface area contributed by atoms with Gasteiger partial charge in [-0.05, 0) is 109 Å². The SMILES string of the molecule is CC/C=C\C/C=C\C/C=C\C/C=C\C/C=C\C/C=C\C/C=C\CCCCCCCCCCCCCCCCCCCCCC(=O)OC(COC(=O)CCCCCCCCCCCCCCCCCCCCCCCCCCCC/C=C\C/C=C\C/C=C\C/C=C\CC)COC(OCC[N+](C)(C)C)C(=O)[O-]. The Morgan fingerprint density at radius 1 is 0.286 bits per heavy atom. The second-order valence-corrected chi connectivity index (χ2v) is 30.8. The van der Waals surface area contributed by atoms with Gasteiger partial charge in [0.05, 0.1) is 40.3 Å². The number of rotatable bonds is 82. The Labute approximate surface area is 650 Å². The maximum atomic E-state index is 13.0. The summed E-state index contributed by atoms with van der Waals surface area (Å²) in [7, 11) is 5.95. The van der Waals surface area contributed by atoms with Crippen LogP contribution in [-0.4, -0.2) is 82.3 Å². The molecule has 0 rings (SSSR count). The molecule has 0 fully saturated rings. The van der Waals surface area contributed by atoms with Gasteiger partial charge >= 0.3 is 11.9 Å². The number of ether oxygens (including phenoxy) is 4. The third kappa shape index (κ3) is 86.5. The molecule has 0 aromatic carbocycles. The lowest BCUT2D eigenvalue weighted by molar-refractivity contribution is -0.870. The molecule has 9 heteroatoms. The third-order valence-electron chi connectivity index (χ3n) is 19.4. The molecule has 0 saturated carbocycles. The fourth-order valence-corrected chi connectivity index (χ4v) is 12.8. The van der Waals surface area contributed by atoms with Gasteiger partial charge in [-0.2, -0.15) is 0 Å². The molecule has 0 aromatic heterocycles. The van der Waals surface area contributed by atoms with Crippen molar-refractivity contribution in [2.75, 3.05) is 47.5 Å². The fraction of sp³-hybridized carbons (Fsp3) is 0.740. The Balaban J connectivity index is 3.94. The van der Waals surface area contributed by atoms with Crippen LogP contribution in [0.4, 0.5) is 0 Å². The number of carboxylic acid groups (broad SMARTS) is 1. The van der Waals surface area contributed by atoms with Crippen LogP contribution in [0.3, 0.4) is 0 Å². The summed E-state index contributed by atoms with van der Waals surface area (Å²) in [5.41, 5.74) is 0. The minimum absolute atomic E-state index is 0.147. The van der Waals surface area contributed by atoms with E-state index in [1.54, 1.807) is 0 Å². The Hall–Kier alpha value is -4.57. The summed E-state index contributed by atoms with van der Waals surface area (Å²) in [6.07, 6.45) is 120. The van der Waals surface area contributed by atoms with Crippen molar-refractivity contribution in [2.24, 2.45) is 0 Å². The number of hydrogen-bond acceptors (Lipinski definition) is 8. The molecule has 0 spiro atoms. The predicted molar refractivity (Wildman–Crippen MR) is 453 cm³/mol. The molecule has 0 aromatic rings. The first-order chi connectivity index (χ1) is 51.6. The van der Waals surface area contributed by atoms with Gasteiger partial charge in [0.15, 0.2) is 12.4 Å². The first-order valence-electron chi connectivity index (χ1n) is 44.3. The van der Waals surface area contributed by atoms with Crippen LogP contribution in [0, 0.1) is 0 Å². The molecule has 0 amide bonds. The molecule has 0 aliphatic rings. The number of likely N-dealkylation sites (N-methyl/N-ethyl adjacent to an activating group) is 1. The summed E-state index contributed by atoms with van der Waals surface area (Å²) in [6.45, 7) is 4.57. The minimum Gasteiger partial charge on any atom is -0.545 e. The number of carbonyl (C=O) groups excluding carboxylic acids is 3. The standard InChI is InChI=1S/C96H167NO8/c1-6-8-10-12-14-16-18-20-22-24-26-28-30-32-34-36-38-40-42-44-46-47-49-51-53-55-57-59-61-63-65-67-69-71-73-75-77-79-81-83-85-87-94(99)105-92(91-104-96(95(100)101)102-89-88-97(3,4)5)90-103-93(98)86-84-82-80-78-76-74-72-70-68-66-64-62-60-58-56-54-52-50-48-45-43-41-39-37-35-33-31-29-27-25-23-21-19-17-15-13-11-9-7-2/h8-11,14-17,20-23,26-29,32,34,38,40,44,46,92,96H,6-7,12-13,18-19,24-25,30-31,33,35-37,39,41-43,45,47-91H2,1-5H3/b10-8-,11-9-,16-14-,17-15-,22-20-,23-21-,28-26-,29-27-,34-32-,40-38-,46-44-. The van der Waals surface area contributed by atoms with Gasteiger partial charge in [-0.15, -0.1) is 0 Å². The van der Waals surface area contributed by atoms with Gasteiger partial charge in [0.2, 0.25) is 0 Å². The van der Waals surface area contributed by atoms with Crippen molar-refractivity contribution in [2.45, 2.75) is 411 Å². The largest absolute Gasteiger partial charge is 0.545 e. The molecule has 0 aliphatic carbocycles. The average Bonchev–Trinajstić information content (AvgIpc) is 1.18. The molecule has 105 heavy (non-hydrogen) atoms. The Morgan fingerprint density at radius 3 is 0.762 bits per heavy atom. The molecule has 0 heterocycles. The second kappa shape index (κ2) is 85.0. The zero-order valence-electron chi connectivity index (χ0n) is 69.3. The molecule has 604 valence electrons. The molecule has 0 bridgehead atoms. The number of allylic oxidation sites excluding steroid dienone is 22. The number of esters is 2. The molecule has 0 aliphatic heterocycles. The van der Waals surface area contributed by atoms with Crippen molar-refractivity contribution >= 4 is 17.9 Å². The van der Waals surface area contributed by atoms with Crippen LogP contribution in [0.5, 0.6) is 0 Å². The molecule has 0 saturated heterocycles. The zero-order valence-corrected chi connectivity index (χ0v) is 69.3. The van der Waals surface area contributed by atoms with E-state index in [1.165, 1.54) is 263 Å². The molecule has 2 atom stereocenters. The molecule has 2 unspecified atom stereocenters. The van der Waals surface area contributed by atoms with Gasteiger partial charge in [0.25, 0.3) is 0 Å². The van der Waals surface area contributed by atoms with Crippen molar-refractivity contribution in [1.29, 1.82) is 0 Å². The number of hydrogen-bond donors (Lipinski definition) is 0. The number of carbonyl (C=O) groups is 3. The Kier molecular flexibility index (Phi) is 81.3. The van der Waals surface area contributed by atoms with Crippen LogP contribution in [0.1, 0.15) is 399 Å². The lowest BCUT2D eigenvalue weighted by atomic mass is 10.0. The molecule has 0 N–H and O–H groups in total. The molecular weight excluding hydrogens is 1300 g/mol. The highest BCUT2D eigenvalue weighted by Gasteiger charge is 2.22. The van der Waals surface area contributed by atoms with Gasteiger partial charge in [-0.3, -0.25) is 9.59 Å². The Morgan fingerprint density at radius 2 is 0.514 bits per heavy atom. The monoisotopic (exact) mass is 1460 g/mol. The highest BCUT2D eigenvalue weighted by Crippen LogP contribution is 2.20. The molecule has 9 nitrogen and oxygen atoms in total. The first kappa shape index (κ1) is 100. The summed E-state index contributed by atoms with van der Waals surface area (Å²) >= 11 is 0.